The molecule has 1 heterocycles. The van der Waals surface area contributed by atoms with Gasteiger partial charge in [-0.25, -0.2) is 0 Å². The fraction of sp³-hybridized carbons (Fsp3) is 0.273. The number of carbonyl (C=O) groups excluding carboxylic acids is 2. The zero-order valence-electron chi connectivity index (χ0n) is 9.17. The molecule has 1 aromatic rings. The first-order chi connectivity index (χ1) is 8.06. The third-order valence-electron chi connectivity index (χ3n) is 1.90. The van der Waals surface area contributed by atoms with Crippen molar-refractivity contribution in [1.82, 2.24) is 10.6 Å². The fourth-order valence-electron chi connectivity index (χ4n) is 1.04. The zero-order valence-corrected chi connectivity index (χ0v) is 11.6. The molecule has 2 N–H and O–H groups in total. The van der Waals surface area contributed by atoms with Crippen LogP contribution in [0.4, 0.5) is 0 Å². The zero-order chi connectivity index (χ0) is 12.8. The molecule has 0 aliphatic carbocycles. The second kappa shape index (κ2) is 6.42. The van der Waals surface area contributed by atoms with Gasteiger partial charge in [0.15, 0.2) is 0 Å². The minimum absolute atomic E-state index is 0.0795. The molecule has 0 radical (unpaired) electrons. The SMILES string of the molecule is C#CCNC(=O)CNC(=O)c1scc(C)c1Br. The maximum atomic E-state index is 11.7. The van der Waals surface area contributed by atoms with Gasteiger partial charge in [-0.2, -0.15) is 0 Å². The summed E-state index contributed by atoms with van der Waals surface area (Å²) in [5, 5.41) is 6.86. The first-order valence-corrected chi connectivity index (χ1v) is 6.45. The molecule has 90 valence electrons. The van der Waals surface area contributed by atoms with Crippen LogP contribution < -0.4 is 10.6 Å². The van der Waals surface area contributed by atoms with Gasteiger partial charge in [-0.1, -0.05) is 5.92 Å². The van der Waals surface area contributed by atoms with Crippen molar-refractivity contribution in [2.45, 2.75) is 6.92 Å². The Morgan fingerprint density at radius 2 is 2.24 bits per heavy atom. The maximum absolute atomic E-state index is 11.7. The molecule has 1 rings (SSSR count). The van der Waals surface area contributed by atoms with Crippen LogP contribution in [0.5, 0.6) is 0 Å². The lowest BCUT2D eigenvalue weighted by molar-refractivity contribution is -0.119. The normalized spacial score (nSPS) is 9.47. The van der Waals surface area contributed by atoms with E-state index >= 15 is 0 Å². The summed E-state index contributed by atoms with van der Waals surface area (Å²) >= 11 is 4.65. The van der Waals surface area contributed by atoms with Crippen molar-refractivity contribution in [2.75, 3.05) is 13.1 Å². The molecule has 1 aromatic heterocycles. The predicted molar refractivity (Wildman–Crippen MR) is 70.9 cm³/mol. The highest BCUT2D eigenvalue weighted by molar-refractivity contribution is 9.10. The molecule has 0 aliphatic rings. The van der Waals surface area contributed by atoms with Gasteiger partial charge in [-0.3, -0.25) is 9.59 Å². The summed E-state index contributed by atoms with van der Waals surface area (Å²) in [6, 6.07) is 0. The van der Waals surface area contributed by atoms with Gasteiger partial charge in [0.1, 0.15) is 4.88 Å². The average Bonchev–Trinajstić information content (AvgIpc) is 2.64. The number of thiophene rings is 1. The fourth-order valence-corrected chi connectivity index (χ4v) is 2.62. The van der Waals surface area contributed by atoms with Gasteiger partial charge in [0, 0.05) is 4.47 Å². The lowest BCUT2D eigenvalue weighted by Gasteiger charge is -2.04. The Hall–Kier alpha value is -1.32. The molecule has 0 spiro atoms. The van der Waals surface area contributed by atoms with Crippen LogP contribution in [0.25, 0.3) is 0 Å². The molecule has 0 saturated heterocycles. The summed E-state index contributed by atoms with van der Waals surface area (Å²) in [6.45, 7) is 1.98. The van der Waals surface area contributed by atoms with Gasteiger partial charge < -0.3 is 10.6 Å². The van der Waals surface area contributed by atoms with E-state index in [9.17, 15) is 9.59 Å². The molecule has 0 bridgehead atoms. The van der Waals surface area contributed by atoms with E-state index in [1.165, 1.54) is 11.3 Å². The van der Waals surface area contributed by atoms with Crippen LogP contribution >= 0.6 is 27.3 Å². The number of halogens is 1. The van der Waals surface area contributed by atoms with Gasteiger partial charge in [-0.15, -0.1) is 17.8 Å². The Balaban J connectivity index is 2.48. The standard InChI is InChI=1S/C11H11BrN2O2S/c1-3-4-13-8(15)5-14-11(16)10-9(12)7(2)6-17-10/h1,6H,4-5H2,2H3,(H,13,15)(H,14,16). The lowest BCUT2D eigenvalue weighted by atomic mass is 10.3. The van der Waals surface area contributed by atoms with Gasteiger partial charge >= 0.3 is 0 Å². The number of aryl methyl sites for hydroxylation is 1. The van der Waals surface area contributed by atoms with Gasteiger partial charge in [0.05, 0.1) is 13.1 Å². The summed E-state index contributed by atoms with van der Waals surface area (Å²) in [4.78, 5) is 23.5. The van der Waals surface area contributed by atoms with E-state index in [1.54, 1.807) is 0 Å². The molecular formula is C11H11BrN2O2S. The van der Waals surface area contributed by atoms with Gasteiger partial charge in [-0.05, 0) is 33.8 Å². The number of amides is 2. The molecule has 0 aliphatic heterocycles. The number of rotatable bonds is 4. The largest absolute Gasteiger partial charge is 0.344 e. The van der Waals surface area contributed by atoms with Crippen molar-refractivity contribution in [1.29, 1.82) is 0 Å². The van der Waals surface area contributed by atoms with E-state index in [4.69, 9.17) is 6.42 Å². The molecule has 0 unspecified atom stereocenters. The van der Waals surface area contributed by atoms with Crippen LogP contribution in [0.1, 0.15) is 15.2 Å². The van der Waals surface area contributed by atoms with Crippen molar-refractivity contribution in [2.24, 2.45) is 0 Å². The monoisotopic (exact) mass is 314 g/mol. The Bertz CT molecular complexity index is 476. The second-order valence-corrected chi connectivity index (χ2v) is 4.90. The van der Waals surface area contributed by atoms with E-state index in [0.717, 1.165) is 10.0 Å². The second-order valence-electron chi connectivity index (χ2n) is 3.23. The number of hydrogen-bond donors (Lipinski definition) is 2. The topological polar surface area (TPSA) is 58.2 Å². The van der Waals surface area contributed by atoms with Crippen LogP contribution in [0.2, 0.25) is 0 Å². The van der Waals surface area contributed by atoms with Gasteiger partial charge in [0.25, 0.3) is 5.91 Å². The van der Waals surface area contributed by atoms with Crippen LogP contribution in [0.3, 0.4) is 0 Å². The molecule has 17 heavy (non-hydrogen) atoms. The molecule has 0 fully saturated rings. The van der Waals surface area contributed by atoms with Crippen molar-refractivity contribution >= 4 is 39.1 Å². The summed E-state index contributed by atoms with van der Waals surface area (Å²) in [6.07, 6.45) is 4.99. The van der Waals surface area contributed by atoms with E-state index in [1.807, 2.05) is 12.3 Å². The molecule has 0 saturated carbocycles. The van der Waals surface area contributed by atoms with Crippen LogP contribution in [-0.2, 0) is 4.79 Å². The highest BCUT2D eigenvalue weighted by atomic mass is 79.9. The molecule has 6 heteroatoms. The molecule has 0 atom stereocenters. The van der Waals surface area contributed by atoms with Crippen LogP contribution in [0, 0.1) is 19.3 Å². The Morgan fingerprint density at radius 1 is 1.53 bits per heavy atom. The number of hydrogen-bond acceptors (Lipinski definition) is 3. The summed E-state index contributed by atoms with van der Waals surface area (Å²) < 4.78 is 0.768. The Kier molecular flexibility index (Phi) is 5.19. The minimum atomic E-state index is -0.305. The molecular weight excluding hydrogens is 304 g/mol. The quantitative estimate of drug-likeness (QED) is 0.823. The summed E-state index contributed by atoms with van der Waals surface area (Å²) in [5.41, 5.74) is 0.997. The summed E-state index contributed by atoms with van der Waals surface area (Å²) in [7, 11) is 0. The van der Waals surface area contributed by atoms with E-state index in [2.05, 4.69) is 32.5 Å². The molecule has 0 aromatic carbocycles. The van der Waals surface area contributed by atoms with Crippen molar-refractivity contribution in [3.05, 3.63) is 20.3 Å². The highest BCUT2D eigenvalue weighted by Crippen LogP contribution is 2.27. The Labute approximate surface area is 112 Å². The predicted octanol–water partition coefficient (Wildman–Crippen LogP) is 1.30. The number of nitrogens with one attached hydrogen (secondary N) is 2. The Morgan fingerprint density at radius 3 is 2.76 bits per heavy atom. The highest BCUT2D eigenvalue weighted by Gasteiger charge is 2.14. The molecule has 4 nitrogen and oxygen atoms in total. The van der Waals surface area contributed by atoms with Gasteiger partial charge in [0.2, 0.25) is 5.91 Å². The third-order valence-corrected chi connectivity index (χ3v) is 4.28. The van der Waals surface area contributed by atoms with Crippen molar-refractivity contribution < 1.29 is 9.59 Å². The van der Waals surface area contributed by atoms with Crippen molar-refractivity contribution in [3.63, 3.8) is 0 Å². The number of carbonyl (C=O) groups is 2. The van der Waals surface area contributed by atoms with E-state index in [0.29, 0.717) is 4.88 Å². The average molecular weight is 315 g/mol. The third kappa shape index (κ3) is 3.88. The first kappa shape index (κ1) is 13.7. The maximum Gasteiger partial charge on any atom is 0.262 e. The van der Waals surface area contributed by atoms with Crippen LogP contribution in [0.15, 0.2) is 9.85 Å². The van der Waals surface area contributed by atoms with E-state index in [-0.39, 0.29) is 24.9 Å². The smallest absolute Gasteiger partial charge is 0.262 e. The molecule has 2 amide bonds. The first-order valence-electron chi connectivity index (χ1n) is 4.78. The number of terminal acetylenes is 1. The van der Waals surface area contributed by atoms with E-state index < -0.39 is 0 Å². The lowest BCUT2D eigenvalue weighted by Crippen LogP contribution is -2.36. The summed E-state index contributed by atoms with van der Waals surface area (Å²) in [5.74, 6) is 1.70. The van der Waals surface area contributed by atoms with Crippen molar-refractivity contribution in [3.8, 4) is 12.3 Å². The van der Waals surface area contributed by atoms with Crippen LogP contribution in [-0.4, -0.2) is 24.9 Å². The minimum Gasteiger partial charge on any atom is -0.344 e.